The molecule has 0 spiro atoms. The average Bonchev–Trinajstić information content (AvgIpc) is 2.39. The van der Waals surface area contributed by atoms with Crippen LogP contribution < -0.4 is 5.32 Å². The summed E-state index contributed by atoms with van der Waals surface area (Å²) >= 11 is 3.54. The molecular formula is C17H26BrN. The molecule has 1 aliphatic heterocycles. The van der Waals surface area contributed by atoms with Crippen molar-refractivity contribution in [1.29, 1.82) is 0 Å². The third-order valence-corrected chi connectivity index (χ3v) is 5.13. The molecule has 2 rings (SSSR count). The molecule has 0 saturated carbocycles. The molecule has 1 unspecified atom stereocenters. The zero-order valence-corrected chi connectivity index (χ0v) is 13.8. The second-order valence-corrected chi connectivity index (χ2v) is 6.93. The Bertz CT molecular complexity index is 381. The van der Waals surface area contributed by atoms with Crippen molar-refractivity contribution in [3.63, 3.8) is 0 Å². The molecular weight excluding hydrogens is 298 g/mol. The number of halogens is 1. The minimum absolute atomic E-state index is 0.398. The van der Waals surface area contributed by atoms with E-state index in [-0.39, 0.29) is 0 Å². The van der Waals surface area contributed by atoms with Crippen LogP contribution in [0, 0.1) is 5.92 Å². The van der Waals surface area contributed by atoms with Gasteiger partial charge in [-0.25, -0.2) is 0 Å². The molecule has 0 amide bonds. The lowest BCUT2D eigenvalue weighted by Gasteiger charge is -2.45. The summed E-state index contributed by atoms with van der Waals surface area (Å²) in [5.74, 6) is 0.880. The third kappa shape index (κ3) is 3.61. The first-order chi connectivity index (χ1) is 9.20. The highest BCUT2D eigenvalue weighted by atomic mass is 79.9. The summed E-state index contributed by atoms with van der Waals surface area (Å²) in [6, 6.07) is 8.97. The Morgan fingerprint density at radius 3 is 2.37 bits per heavy atom. The molecule has 1 nitrogen and oxygen atoms in total. The van der Waals surface area contributed by atoms with E-state index in [1.165, 1.54) is 42.1 Å². The van der Waals surface area contributed by atoms with Gasteiger partial charge in [-0.2, -0.15) is 0 Å². The standard InChI is InChI=1S/C17H26BrN/c1-3-5-6-14(4-2)11-17(12-19-13-17)15-7-9-16(18)10-8-15/h7-10,14,19H,3-6,11-13H2,1-2H3. The van der Waals surface area contributed by atoms with Crippen LogP contribution in [0.2, 0.25) is 0 Å². The lowest BCUT2D eigenvalue weighted by Crippen LogP contribution is -2.57. The lowest BCUT2D eigenvalue weighted by atomic mass is 9.68. The van der Waals surface area contributed by atoms with Gasteiger partial charge in [0.2, 0.25) is 0 Å². The van der Waals surface area contributed by atoms with Gasteiger partial charge in [0.1, 0.15) is 0 Å². The molecule has 1 fully saturated rings. The van der Waals surface area contributed by atoms with E-state index >= 15 is 0 Å². The van der Waals surface area contributed by atoms with Crippen molar-refractivity contribution in [2.75, 3.05) is 13.1 Å². The van der Waals surface area contributed by atoms with E-state index in [4.69, 9.17) is 0 Å². The molecule has 1 atom stereocenters. The molecule has 1 heterocycles. The van der Waals surface area contributed by atoms with Gasteiger partial charge in [0.05, 0.1) is 0 Å². The lowest BCUT2D eigenvalue weighted by molar-refractivity contribution is 0.206. The van der Waals surface area contributed by atoms with Crippen LogP contribution in [-0.2, 0) is 5.41 Å². The van der Waals surface area contributed by atoms with Gasteiger partial charge in [-0.15, -0.1) is 0 Å². The van der Waals surface area contributed by atoms with Gasteiger partial charge in [-0.05, 0) is 30.0 Å². The predicted octanol–water partition coefficient (Wildman–Crippen LogP) is 4.90. The van der Waals surface area contributed by atoms with Crippen LogP contribution in [0.1, 0.15) is 51.5 Å². The fraction of sp³-hybridized carbons (Fsp3) is 0.647. The van der Waals surface area contributed by atoms with E-state index < -0.39 is 0 Å². The van der Waals surface area contributed by atoms with Crippen molar-refractivity contribution in [2.45, 2.75) is 51.4 Å². The maximum absolute atomic E-state index is 3.54. The van der Waals surface area contributed by atoms with Gasteiger partial charge in [0.15, 0.2) is 0 Å². The molecule has 2 heteroatoms. The van der Waals surface area contributed by atoms with Gasteiger partial charge in [0.25, 0.3) is 0 Å². The zero-order valence-electron chi connectivity index (χ0n) is 12.2. The second-order valence-electron chi connectivity index (χ2n) is 6.01. The number of hydrogen-bond acceptors (Lipinski definition) is 1. The van der Waals surface area contributed by atoms with Crippen LogP contribution in [0.5, 0.6) is 0 Å². The first-order valence-electron chi connectivity index (χ1n) is 7.67. The summed E-state index contributed by atoms with van der Waals surface area (Å²) in [5, 5.41) is 3.49. The second kappa shape index (κ2) is 6.90. The van der Waals surface area contributed by atoms with E-state index in [9.17, 15) is 0 Å². The van der Waals surface area contributed by atoms with Crippen LogP contribution in [0.4, 0.5) is 0 Å². The Labute approximate surface area is 126 Å². The van der Waals surface area contributed by atoms with Gasteiger partial charge in [0, 0.05) is 23.0 Å². The largest absolute Gasteiger partial charge is 0.315 e. The molecule has 1 aliphatic rings. The Balaban J connectivity index is 2.07. The van der Waals surface area contributed by atoms with Crippen molar-refractivity contribution in [1.82, 2.24) is 5.32 Å². The van der Waals surface area contributed by atoms with Crippen molar-refractivity contribution < 1.29 is 0 Å². The van der Waals surface area contributed by atoms with Crippen molar-refractivity contribution >= 4 is 15.9 Å². The first-order valence-corrected chi connectivity index (χ1v) is 8.46. The molecule has 1 saturated heterocycles. The van der Waals surface area contributed by atoms with Gasteiger partial charge in [-0.3, -0.25) is 0 Å². The van der Waals surface area contributed by atoms with E-state index in [0.29, 0.717) is 5.41 Å². The van der Waals surface area contributed by atoms with E-state index in [1.807, 2.05) is 0 Å². The van der Waals surface area contributed by atoms with Crippen molar-refractivity contribution in [3.05, 3.63) is 34.3 Å². The Hall–Kier alpha value is -0.340. The number of rotatable bonds is 7. The molecule has 0 aliphatic carbocycles. The summed E-state index contributed by atoms with van der Waals surface area (Å²) in [5.41, 5.74) is 1.92. The van der Waals surface area contributed by atoms with E-state index in [1.54, 1.807) is 0 Å². The molecule has 1 aromatic rings. The summed E-state index contributed by atoms with van der Waals surface area (Å²) < 4.78 is 1.18. The highest BCUT2D eigenvalue weighted by Gasteiger charge is 2.39. The van der Waals surface area contributed by atoms with Crippen LogP contribution in [0.25, 0.3) is 0 Å². The number of hydrogen-bond donors (Lipinski definition) is 1. The summed E-state index contributed by atoms with van der Waals surface area (Å²) in [4.78, 5) is 0. The highest BCUT2D eigenvalue weighted by Crippen LogP contribution is 2.38. The SMILES string of the molecule is CCCCC(CC)CC1(c2ccc(Br)cc2)CNC1. The minimum atomic E-state index is 0.398. The minimum Gasteiger partial charge on any atom is -0.315 e. The molecule has 0 radical (unpaired) electrons. The molecule has 0 bridgehead atoms. The van der Waals surface area contributed by atoms with Gasteiger partial charge < -0.3 is 5.32 Å². The summed E-state index contributed by atoms with van der Waals surface area (Å²) in [6.07, 6.45) is 6.75. The Morgan fingerprint density at radius 1 is 1.21 bits per heavy atom. The van der Waals surface area contributed by atoms with Crippen molar-refractivity contribution in [2.24, 2.45) is 5.92 Å². The first kappa shape index (κ1) is 15.1. The van der Waals surface area contributed by atoms with Crippen LogP contribution in [0.15, 0.2) is 28.7 Å². The monoisotopic (exact) mass is 323 g/mol. The molecule has 1 N–H and O–H groups in total. The number of benzene rings is 1. The smallest absolute Gasteiger partial charge is 0.0205 e. The van der Waals surface area contributed by atoms with Crippen LogP contribution >= 0.6 is 15.9 Å². The topological polar surface area (TPSA) is 12.0 Å². The summed E-state index contributed by atoms with van der Waals surface area (Å²) in [7, 11) is 0. The molecule has 0 aromatic heterocycles. The Kier molecular flexibility index (Phi) is 5.47. The maximum Gasteiger partial charge on any atom is 0.0205 e. The Morgan fingerprint density at radius 2 is 1.89 bits per heavy atom. The molecule has 106 valence electrons. The maximum atomic E-state index is 3.54. The summed E-state index contributed by atoms with van der Waals surface area (Å²) in [6.45, 7) is 6.94. The quantitative estimate of drug-likeness (QED) is 0.752. The highest BCUT2D eigenvalue weighted by molar-refractivity contribution is 9.10. The van der Waals surface area contributed by atoms with E-state index in [0.717, 1.165) is 19.0 Å². The van der Waals surface area contributed by atoms with Gasteiger partial charge in [-0.1, -0.05) is 67.6 Å². The predicted molar refractivity (Wildman–Crippen MR) is 86.6 cm³/mol. The van der Waals surface area contributed by atoms with Crippen LogP contribution in [-0.4, -0.2) is 13.1 Å². The molecule has 1 aromatic carbocycles. The normalized spacial score (nSPS) is 18.9. The van der Waals surface area contributed by atoms with Crippen LogP contribution in [0.3, 0.4) is 0 Å². The zero-order chi connectivity index (χ0) is 13.7. The van der Waals surface area contributed by atoms with Crippen molar-refractivity contribution in [3.8, 4) is 0 Å². The van der Waals surface area contributed by atoms with E-state index in [2.05, 4.69) is 59.4 Å². The fourth-order valence-corrected chi connectivity index (χ4v) is 3.46. The third-order valence-electron chi connectivity index (χ3n) is 4.61. The fourth-order valence-electron chi connectivity index (χ4n) is 3.19. The number of unbranched alkanes of at least 4 members (excludes halogenated alkanes) is 1. The van der Waals surface area contributed by atoms with Gasteiger partial charge >= 0.3 is 0 Å². The molecule has 19 heavy (non-hydrogen) atoms. The average molecular weight is 324 g/mol. The number of nitrogens with one attached hydrogen (secondary N) is 1.